The molecule has 7 heteroatoms. The molecule has 0 aliphatic carbocycles. The van der Waals surface area contributed by atoms with E-state index in [1.807, 2.05) is 47.1 Å². The fourth-order valence-electron chi connectivity index (χ4n) is 4.51. The Bertz CT molecular complexity index is 1100. The lowest BCUT2D eigenvalue weighted by Crippen LogP contribution is -2.64. The molecule has 0 spiro atoms. The molecule has 1 aromatic heterocycles. The third-order valence-corrected chi connectivity index (χ3v) is 7.07. The van der Waals surface area contributed by atoms with Gasteiger partial charge in [-0.1, -0.05) is 42.5 Å². The second kappa shape index (κ2) is 8.84. The quantitative estimate of drug-likeness (QED) is 0.616. The number of thiazole rings is 1. The zero-order valence-corrected chi connectivity index (χ0v) is 18.9. The normalized spacial score (nSPS) is 17.3. The first-order valence-electron chi connectivity index (χ1n) is 11.0. The monoisotopic (exact) mass is 446 g/mol. The lowest BCUT2D eigenvalue weighted by atomic mass is 9.97. The van der Waals surface area contributed by atoms with E-state index in [2.05, 4.69) is 28.1 Å². The van der Waals surface area contributed by atoms with E-state index in [0.717, 1.165) is 48.4 Å². The van der Waals surface area contributed by atoms with Crippen LogP contribution in [0.3, 0.4) is 0 Å². The van der Waals surface area contributed by atoms with E-state index >= 15 is 0 Å². The zero-order chi connectivity index (χ0) is 22.1. The zero-order valence-electron chi connectivity index (χ0n) is 18.1. The molecule has 2 aliphatic rings. The molecule has 2 aliphatic heterocycles. The maximum absolute atomic E-state index is 13.0. The minimum atomic E-state index is 0.0192. The van der Waals surface area contributed by atoms with Crippen molar-refractivity contribution in [3.05, 3.63) is 76.2 Å². The van der Waals surface area contributed by atoms with Crippen LogP contribution in [-0.4, -0.2) is 76.8 Å². The van der Waals surface area contributed by atoms with Crippen molar-refractivity contribution in [2.45, 2.75) is 13.0 Å². The van der Waals surface area contributed by atoms with Gasteiger partial charge in [0.1, 0.15) is 5.69 Å². The van der Waals surface area contributed by atoms with Gasteiger partial charge in [0, 0.05) is 56.3 Å². The molecule has 32 heavy (non-hydrogen) atoms. The van der Waals surface area contributed by atoms with Gasteiger partial charge in [-0.05, 0) is 29.7 Å². The Morgan fingerprint density at radius 3 is 2.31 bits per heavy atom. The van der Waals surface area contributed by atoms with E-state index in [0.29, 0.717) is 24.8 Å². The summed E-state index contributed by atoms with van der Waals surface area (Å²) in [6, 6.07) is 16.7. The molecule has 0 saturated carbocycles. The van der Waals surface area contributed by atoms with Crippen molar-refractivity contribution >= 4 is 23.2 Å². The SMILES string of the molecule is Cc1cc(-c2ccccc2)ccc1C(=O)N1CC(N2CCN(C(=O)c3cscn3)CC2)C1. The molecule has 3 heterocycles. The standard InChI is InChI=1S/C25H26N4O2S/c1-18-13-20(19-5-3-2-4-6-19)7-8-22(18)24(30)29-14-21(15-29)27-9-11-28(12-10-27)25(31)23-16-32-17-26-23/h2-8,13,16-17,21H,9-12,14-15H2,1H3. The summed E-state index contributed by atoms with van der Waals surface area (Å²) in [6.45, 7) is 6.61. The largest absolute Gasteiger partial charge is 0.335 e. The summed E-state index contributed by atoms with van der Waals surface area (Å²) in [7, 11) is 0. The lowest BCUT2D eigenvalue weighted by molar-refractivity contribution is 0.00840. The van der Waals surface area contributed by atoms with E-state index in [1.54, 1.807) is 10.9 Å². The van der Waals surface area contributed by atoms with Crippen LogP contribution < -0.4 is 0 Å². The Labute approximate surface area is 192 Å². The molecular formula is C25H26N4O2S. The molecule has 0 radical (unpaired) electrons. The first-order chi connectivity index (χ1) is 15.6. The third-order valence-electron chi connectivity index (χ3n) is 6.48. The second-order valence-corrected chi connectivity index (χ2v) is 9.18. The number of benzene rings is 2. The fourth-order valence-corrected chi connectivity index (χ4v) is 5.03. The maximum Gasteiger partial charge on any atom is 0.273 e. The molecular weight excluding hydrogens is 420 g/mol. The number of aryl methyl sites for hydroxylation is 1. The van der Waals surface area contributed by atoms with E-state index in [-0.39, 0.29) is 11.8 Å². The number of carbonyl (C=O) groups is 2. The van der Waals surface area contributed by atoms with Crippen molar-refractivity contribution in [2.75, 3.05) is 39.3 Å². The number of likely N-dealkylation sites (tertiary alicyclic amines) is 1. The summed E-state index contributed by atoms with van der Waals surface area (Å²) in [5, 5.41) is 1.80. The Balaban J connectivity index is 1.15. The van der Waals surface area contributed by atoms with Crippen LogP contribution in [0.25, 0.3) is 11.1 Å². The number of carbonyl (C=O) groups excluding carboxylic acids is 2. The Hall–Kier alpha value is -3.03. The van der Waals surface area contributed by atoms with Crippen molar-refractivity contribution in [1.29, 1.82) is 0 Å². The molecule has 164 valence electrons. The molecule has 0 atom stereocenters. The Morgan fingerprint density at radius 2 is 1.66 bits per heavy atom. The Morgan fingerprint density at radius 1 is 0.906 bits per heavy atom. The Kier molecular flexibility index (Phi) is 5.76. The van der Waals surface area contributed by atoms with Crippen LogP contribution in [0, 0.1) is 6.92 Å². The van der Waals surface area contributed by atoms with Crippen LogP contribution in [0.1, 0.15) is 26.4 Å². The number of hydrogen-bond acceptors (Lipinski definition) is 5. The van der Waals surface area contributed by atoms with E-state index in [1.165, 1.54) is 11.3 Å². The van der Waals surface area contributed by atoms with Crippen LogP contribution in [0.2, 0.25) is 0 Å². The van der Waals surface area contributed by atoms with Crippen molar-refractivity contribution in [3.8, 4) is 11.1 Å². The van der Waals surface area contributed by atoms with Gasteiger partial charge < -0.3 is 9.80 Å². The van der Waals surface area contributed by atoms with Crippen LogP contribution >= 0.6 is 11.3 Å². The van der Waals surface area contributed by atoms with Gasteiger partial charge in [0.2, 0.25) is 0 Å². The van der Waals surface area contributed by atoms with Crippen molar-refractivity contribution in [3.63, 3.8) is 0 Å². The van der Waals surface area contributed by atoms with Crippen molar-refractivity contribution in [1.82, 2.24) is 19.7 Å². The van der Waals surface area contributed by atoms with Gasteiger partial charge in [0.05, 0.1) is 5.51 Å². The number of piperazine rings is 1. The highest BCUT2D eigenvalue weighted by atomic mass is 32.1. The van der Waals surface area contributed by atoms with Crippen molar-refractivity contribution < 1.29 is 9.59 Å². The highest BCUT2D eigenvalue weighted by Crippen LogP contribution is 2.25. The summed E-state index contributed by atoms with van der Waals surface area (Å²) >= 11 is 1.45. The summed E-state index contributed by atoms with van der Waals surface area (Å²) in [4.78, 5) is 35.9. The third kappa shape index (κ3) is 4.06. The van der Waals surface area contributed by atoms with E-state index in [4.69, 9.17) is 0 Å². The average Bonchev–Trinajstić information content (AvgIpc) is 3.33. The van der Waals surface area contributed by atoms with Crippen LogP contribution in [0.4, 0.5) is 0 Å². The van der Waals surface area contributed by atoms with Gasteiger partial charge in [0.25, 0.3) is 11.8 Å². The number of aromatic nitrogens is 1. The van der Waals surface area contributed by atoms with Crippen LogP contribution in [-0.2, 0) is 0 Å². The minimum absolute atomic E-state index is 0.0192. The molecule has 6 nitrogen and oxygen atoms in total. The summed E-state index contributed by atoms with van der Waals surface area (Å²) in [5.41, 5.74) is 6.31. The molecule has 2 amide bonds. The number of nitrogens with zero attached hydrogens (tertiary/aromatic N) is 4. The molecule has 0 bridgehead atoms. The molecule has 2 aromatic carbocycles. The molecule has 5 rings (SSSR count). The molecule has 0 unspecified atom stereocenters. The smallest absolute Gasteiger partial charge is 0.273 e. The highest BCUT2D eigenvalue weighted by Gasteiger charge is 2.37. The summed E-state index contributed by atoms with van der Waals surface area (Å²) in [6.07, 6.45) is 0. The minimum Gasteiger partial charge on any atom is -0.335 e. The van der Waals surface area contributed by atoms with E-state index < -0.39 is 0 Å². The first-order valence-corrected chi connectivity index (χ1v) is 11.9. The van der Waals surface area contributed by atoms with Crippen LogP contribution in [0.15, 0.2) is 59.4 Å². The van der Waals surface area contributed by atoms with Gasteiger partial charge in [-0.25, -0.2) is 4.98 Å². The molecule has 3 aromatic rings. The average molecular weight is 447 g/mol. The summed E-state index contributed by atoms with van der Waals surface area (Å²) in [5.74, 6) is 0.126. The van der Waals surface area contributed by atoms with Gasteiger partial charge in [0.15, 0.2) is 0 Å². The molecule has 0 N–H and O–H groups in total. The first kappa shape index (κ1) is 20.8. The van der Waals surface area contributed by atoms with Gasteiger partial charge >= 0.3 is 0 Å². The molecule has 2 saturated heterocycles. The van der Waals surface area contributed by atoms with Gasteiger partial charge in [-0.15, -0.1) is 11.3 Å². The lowest BCUT2D eigenvalue weighted by Gasteiger charge is -2.48. The fraction of sp³-hybridized carbons (Fsp3) is 0.320. The maximum atomic E-state index is 13.0. The number of amides is 2. The summed E-state index contributed by atoms with van der Waals surface area (Å²) < 4.78 is 0. The topological polar surface area (TPSA) is 56.8 Å². The molecule has 2 fully saturated rings. The highest BCUT2D eigenvalue weighted by molar-refractivity contribution is 7.07. The predicted octanol–water partition coefficient (Wildman–Crippen LogP) is 3.40. The van der Waals surface area contributed by atoms with Gasteiger partial charge in [-0.3, -0.25) is 14.5 Å². The van der Waals surface area contributed by atoms with Crippen LogP contribution in [0.5, 0.6) is 0 Å². The predicted molar refractivity (Wildman–Crippen MR) is 126 cm³/mol. The number of rotatable bonds is 4. The van der Waals surface area contributed by atoms with E-state index in [9.17, 15) is 9.59 Å². The second-order valence-electron chi connectivity index (χ2n) is 8.46. The number of hydrogen-bond donors (Lipinski definition) is 0. The van der Waals surface area contributed by atoms with Crippen molar-refractivity contribution in [2.24, 2.45) is 0 Å². The van der Waals surface area contributed by atoms with Gasteiger partial charge in [-0.2, -0.15) is 0 Å².